The summed E-state index contributed by atoms with van der Waals surface area (Å²) in [5, 5.41) is 2.86. The molecule has 2 amide bonds. The van der Waals surface area contributed by atoms with Crippen LogP contribution in [0.5, 0.6) is 0 Å². The molecule has 1 aromatic heterocycles. The molecule has 0 aliphatic carbocycles. The zero-order chi connectivity index (χ0) is 19.5. The Morgan fingerprint density at radius 1 is 1.04 bits per heavy atom. The largest absolute Gasteiger partial charge is 0.348 e. The number of fused-ring (bicyclic) bond motifs is 1. The Labute approximate surface area is 164 Å². The van der Waals surface area contributed by atoms with Gasteiger partial charge in [-0.05, 0) is 60.9 Å². The van der Waals surface area contributed by atoms with E-state index in [9.17, 15) is 9.59 Å². The second kappa shape index (κ2) is 7.64. The zero-order valence-corrected chi connectivity index (χ0v) is 15.6. The molecule has 1 N–H and O–H groups in total. The van der Waals surface area contributed by atoms with E-state index in [1.54, 1.807) is 36.7 Å². The van der Waals surface area contributed by atoms with Crippen LogP contribution < -0.4 is 10.2 Å². The van der Waals surface area contributed by atoms with Crippen LogP contribution in [0, 0.1) is 0 Å². The summed E-state index contributed by atoms with van der Waals surface area (Å²) < 4.78 is 0. The first kappa shape index (κ1) is 17.9. The van der Waals surface area contributed by atoms with Gasteiger partial charge in [0.05, 0.1) is 0 Å². The number of nitrogens with one attached hydrogen (secondary N) is 1. The fourth-order valence-corrected chi connectivity index (χ4v) is 3.57. The van der Waals surface area contributed by atoms with Crippen LogP contribution >= 0.6 is 0 Å². The lowest BCUT2D eigenvalue weighted by atomic mass is 10.1. The minimum Gasteiger partial charge on any atom is -0.348 e. The predicted octanol–water partition coefficient (Wildman–Crippen LogP) is 3.60. The molecule has 1 aliphatic heterocycles. The molecule has 4 rings (SSSR count). The Balaban J connectivity index is 1.46. The number of nitrogens with zero attached hydrogens (tertiary/aromatic N) is 2. The molecule has 5 nitrogen and oxygen atoms in total. The molecule has 0 spiro atoms. The Morgan fingerprint density at radius 2 is 1.79 bits per heavy atom. The van der Waals surface area contributed by atoms with Gasteiger partial charge >= 0.3 is 0 Å². The van der Waals surface area contributed by atoms with E-state index in [-0.39, 0.29) is 17.9 Å². The Bertz CT molecular complexity index is 1000. The summed E-state index contributed by atoms with van der Waals surface area (Å²) in [5.74, 6) is -0.220. The molecule has 1 atom stereocenters. The van der Waals surface area contributed by atoms with Crippen molar-refractivity contribution in [2.45, 2.75) is 25.9 Å². The van der Waals surface area contributed by atoms with Crippen molar-refractivity contribution < 1.29 is 9.59 Å². The predicted molar refractivity (Wildman–Crippen MR) is 108 cm³/mol. The minimum atomic E-state index is -0.178. The van der Waals surface area contributed by atoms with E-state index in [1.807, 2.05) is 35.2 Å². The van der Waals surface area contributed by atoms with Gasteiger partial charge in [-0.15, -0.1) is 0 Å². The first-order chi connectivity index (χ1) is 13.6. The van der Waals surface area contributed by atoms with Gasteiger partial charge in [0.25, 0.3) is 11.8 Å². The topological polar surface area (TPSA) is 62.3 Å². The van der Waals surface area contributed by atoms with Gasteiger partial charge in [-0.25, -0.2) is 0 Å². The number of para-hydroxylation sites is 1. The van der Waals surface area contributed by atoms with E-state index < -0.39 is 0 Å². The zero-order valence-electron chi connectivity index (χ0n) is 15.6. The van der Waals surface area contributed by atoms with E-state index >= 15 is 0 Å². The van der Waals surface area contributed by atoms with Crippen LogP contribution in [0.15, 0.2) is 73.1 Å². The van der Waals surface area contributed by atoms with Crippen molar-refractivity contribution in [2.24, 2.45) is 0 Å². The van der Waals surface area contributed by atoms with Crippen molar-refractivity contribution >= 4 is 17.5 Å². The standard InChI is InChI=1S/C23H21N3O2/c1-16-13-20-6-2-3-7-21(20)26(16)23(28)19-10-8-18(9-11-19)22(27)25-15-17-5-4-12-24-14-17/h2-12,14,16H,13,15H2,1H3,(H,25,27). The first-order valence-electron chi connectivity index (χ1n) is 9.32. The second-order valence-electron chi connectivity index (χ2n) is 6.98. The molecule has 1 unspecified atom stereocenters. The summed E-state index contributed by atoms with van der Waals surface area (Å²) in [6.07, 6.45) is 4.27. The summed E-state index contributed by atoms with van der Waals surface area (Å²) in [4.78, 5) is 31.2. The van der Waals surface area contributed by atoms with Crippen LogP contribution in [-0.2, 0) is 13.0 Å². The van der Waals surface area contributed by atoms with Crippen LogP contribution in [0.2, 0.25) is 0 Å². The van der Waals surface area contributed by atoms with Gasteiger partial charge in [0.2, 0.25) is 0 Å². The fraction of sp³-hybridized carbons (Fsp3) is 0.174. The van der Waals surface area contributed by atoms with Gasteiger partial charge in [0.15, 0.2) is 0 Å². The van der Waals surface area contributed by atoms with Crippen LogP contribution in [0.4, 0.5) is 5.69 Å². The number of carbonyl (C=O) groups is 2. The van der Waals surface area contributed by atoms with Crippen molar-refractivity contribution in [3.63, 3.8) is 0 Å². The van der Waals surface area contributed by atoms with Gasteiger partial charge in [-0.2, -0.15) is 0 Å². The van der Waals surface area contributed by atoms with Gasteiger partial charge in [0.1, 0.15) is 0 Å². The molecule has 3 aromatic rings. The number of carbonyl (C=O) groups excluding carboxylic acids is 2. The van der Waals surface area contributed by atoms with Crippen LogP contribution in [0.3, 0.4) is 0 Å². The third-order valence-corrected chi connectivity index (χ3v) is 5.00. The summed E-state index contributed by atoms with van der Waals surface area (Å²) in [5.41, 5.74) is 4.19. The summed E-state index contributed by atoms with van der Waals surface area (Å²) >= 11 is 0. The Morgan fingerprint density at radius 3 is 2.54 bits per heavy atom. The number of hydrogen-bond acceptors (Lipinski definition) is 3. The van der Waals surface area contributed by atoms with Crippen molar-refractivity contribution in [3.8, 4) is 0 Å². The van der Waals surface area contributed by atoms with E-state index in [0.29, 0.717) is 17.7 Å². The van der Waals surface area contributed by atoms with Crippen molar-refractivity contribution in [1.29, 1.82) is 0 Å². The number of anilines is 1. The summed E-state index contributed by atoms with van der Waals surface area (Å²) in [6.45, 7) is 2.47. The molecule has 2 heterocycles. The smallest absolute Gasteiger partial charge is 0.258 e. The maximum absolute atomic E-state index is 13.0. The molecule has 28 heavy (non-hydrogen) atoms. The quantitative estimate of drug-likeness (QED) is 0.762. The number of hydrogen-bond donors (Lipinski definition) is 1. The lowest BCUT2D eigenvalue weighted by Crippen LogP contribution is -2.35. The normalized spacial score (nSPS) is 15.2. The maximum Gasteiger partial charge on any atom is 0.258 e. The number of aromatic nitrogens is 1. The van der Waals surface area contributed by atoms with E-state index in [4.69, 9.17) is 0 Å². The van der Waals surface area contributed by atoms with E-state index in [1.165, 1.54) is 5.56 Å². The molecule has 5 heteroatoms. The third kappa shape index (κ3) is 3.51. The van der Waals surface area contributed by atoms with E-state index in [0.717, 1.165) is 17.7 Å². The fourth-order valence-electron chi connectivity index (χ4n) is 3.57. The highest BCUT2D eigenvalue weighted by Gasteiger charge is 2.31. The second-order valence-corrected chi connectivity index (χ2v) is 6.98. The third-order valence-electron chi connectivity index (χ3n) is 5.00. The van der Waals surface area contributed by atoms with Crippen LogP contribution in [0.25, 0.3) is 0 Å². The van der Waals surface area contributed by atoms with E-state index in [2.05, 4.69) is 23.3 Å². The first-order valence-corrected chi connectivity index (χ1v) is 9.32. The van der Waals surface area contributed by atoms with Gasteiger partial charge in [-0.1, -0.05) is 24.3 Å². The van der Waals surface area contributed by atoms with Crippen molar-refractivity contribution in [2.75, 3.05) is 4.90 Å². The average molecular weight is 371 g/mol. The number of amides is 2. The lowest BCUT2D eigenvalue weighted by molar-refractivity contribution is 0.0947. The Hall–Kier alpha value is -3.47. The highest BCUT2D eigenvalue weighted by Crippen LogP contribution is 2.33. The lowest BCUT2D eigenvalue weighted by Gasteiger charge is -2.23. The summed E-state index contributed by atoms with van der Waals surface area (Å²) in [6, 6.07) is 18.7. The highest BCUT2D eigenvalue weighted by molar-refractivity contribution is 6.08. The maximum atomic E-state index is 13.0. The molecule has 0 bridgehead atoms. The van der Waals surface area contributed by atoms with Crippen LogP contribution in [0.1, 0.15) is 38.8 Å². The monoisotopic (exact) mass is 371 g/mol. The van der Waals surface area contributed by atoms with Gasteiger partial charge in [-0.3, -0.25) is 14.6 Å². The van der Waals surface area contributed by atoms with Crippen molar-refractivity contribution in [3.05, 3.63) is 95.3 Å². The molecule has 2 aromatic carbocycles. The molecule has 0 saturated carbocycles. The van der Waals surface area contributed by atoms with Gasteiger partial charge < -0.3 is 10.2 Å². The molecule has 0 saturated heterocycles. The average Bonchev–Trinajstić information content (AvgIpc) is 3.08. The summed E-state index contributed by atoms with van der Waals surface area (Å²) in [7, 11) is 0. The number of pyridine rings is 1. The molecule has 140 valence electrons. The Kier molecular flexibility index (Phi) is 4.89. The molecule has 0 radical (unpaired) electrons. The number of rotatable bonds is 4. The molecule has 0 fully saturated rings. The number of benzene rings is 2. The highest BCUT2D eigenvalue weighted by atomic mass is 16.2. The minimum absolute atomic E-state index is 0.0419. The molecule has 1 aliphatic rings. The van der Waals surface area contributed by atoms with Gasteiger partial charge in [0, 0.05) is 41.8 Å². The van der Waals surface area contributed by atoms with Crippen molar-refractivity contribution in [1.82, 2.24) is 10.3 Å². The molecular weight excluding hydrogens is 350 g/mol. The van der Waals surface area contributed by atoms with Crippen LogP contribution in [-0.4, -0.2) is 22.8 Å². The molecular formula is C23H21N3O2. The SMILES string of the molecule is CC1Cc2ccccc2N1C(=O)c1ccc(C(=O)NCc2cccnc2)cc1.